The second kappa shape index (κ2) is 6.37. The van der Waals surface area contributed by atoms with Crippen molar-refractivity contribution in [2.24, 2.45) is 0 Å². The molecule has 7 heteroatoms. The molecule has 0 aliphatic rings. The van der Waals surface area contributed by atoms with Crippen molar-refractivity contribution in [2.75, 3.05) is 12.8 Å². The van der Waals surface area contributed by atoms with E-state index in [9.17, 15) is 8.42 Å². The first kappa shape index (κ1) is 16.1. The highest BCUT2D eigenvalue weighted by Gasteiger charge is 2.21. The Kier molecular flexibility index (Phi) is 4.26. The molecule has 0 spiro atoms. The maximum Gasteiger partial charge on any atom is 0.259 e. The van der Waals surface area contributed by atoms with Gasteiger partial charge in [-0.1, -0.05) is 42.5 Å². The Hall–Kier alpha value is -2.80. The Morgan fingerprint density at radius 3 is 2.46 bits per heavy atom. The lowest BCUT2D eigenvalue weighted by Crippen LogP contribution is -2.18. The first-order valence-electron chi connectivity index (χ1n) is 7.27. The number of nitrogen functional groups attached to an aromatic ring is 1. The summed E-state index contributed by atoms with van der Waals surface area (Å²) in [5.74, 6) is 0.486. The van der Waals surface area contributed by atoms with Crippen molar-refractivity contribution in [3.63, 3.8) is 0 Å². The fourth-order valence-electron chi connectivity index (χ4n) is 2.44. The maximum absolute atomic E-state index is 12.6. The third-order valence-electron chi connectivity index (χ3n) is 3.54. The van der Waals surface area contributed by atoms with Gasteiger partial charge in [-0.25, -0.2) is 8.42 Å². The van der Waals surface area contributed by atoms with Gasteiger partial charge >= 0.3 is 0 Å². The number of ether oxygens (including phenoxy) is 1. The fourth-order valence-corrected chi connectivity index (χ4v) is 3.76. The third-order valence-corrected chi connectivity index (χ3v) is 5.06. The average molecular weight is 343 g/mol. The van der Waals surface area contributed by atoms with E-state index in [0.717, 1.165) is 4.09 Å². The largest absolute Gasteiger partial charge is 0.496 e. The van der Waals surface area contributed by atoms with Gasteiger partial charge in [0.05, 0.1) is 18.6 Å². The van der Waals surface area contributed by atoms with Gasteiger partial charge in [-0.15, -0.1) is 4.09 Å². The predicted octanol–water partition coefficient (Wildman–Crippen LogP) is 2.52. The number of nitrogens with two attached hydrogens (primary N) is 1. The molecule has 0 aliphatic carbocycles. The number of methoxy groups -OCH3 is 1. The van der Waals surface area contributed by atoms with Crippen LogP contribution in [0.5, 0.6) is 5.75 Å². The molecule has 2 N–H and O–H groups in total. The van der Waals surface area contributed by atoms with E-state index in [2.05, 4.69) is 5.10 Å². The van der Waals surface area contributed by atoms with Crippen molar-refractivity contribution in [1.29, 1.82) is 0 Å². The van der Waals surface area contributed by atoms with Crippen molar-refractivity contribution in [3.05, 3.63) is 66.2 Å². The molecule has 1 heterocycles. The van der Waals surface area contributed by atoms with Gasteiger partial charge in [0.15, 0.2) is 0 Å². The van der Waals surface area contributed by atoms with Gasteiger partial charge in [-0.3, -0.25) is 0 Å². The zero-order valence-corrected chi connectivity index (χ0v) is 13.9. The number of hydrogen-bond donors (Lipinski definition) is 1. The smallest absolute Gasteiger partial charge is 0.259 e. The second-order valence-corrected chi connectivity index (χ2v) is 7.04. The van der Waals surface area contributed by atoms with Crippen LogP contribution in [-0.2, 0) is 15.8 Å². The molecule has 1 aromatic heterocycles. The highest BCUT2D eigenvalue weighted by molar-refractivity contribution is 7.89. The minimum atomic E-state index is -3.71. The summed E-state index contributed by atoms with van der Waals surface area (Å²) in [6, 6.07) is 17.7. The minimum absolute atomic E-state index is 0.0619. The van der Waals surface area contributed by atoms with Gasteiger partial charge in [0.25, 0.3) is 10.0 Å². The van der Waals surface area contributed by atoms with Crippen LogP contribution in [0.4, 0.5) is 5.82 Å². The first-order chi connectivity index (χ1) is 11.5. The fraction of sp³-hybridized carbons (Fsp3) is 0.118. The average Bonchev–Trinajstić information content (AvgIpc) is 2.98. The lowest BCUT2D eigenvalue weighted by molar-refractivity contribution is 0.416. The van der Waals surface area contributed by atoms with Crippen LogP contribution in [0.3, 0.4) is 0 Å². The quantitative estimate of drug-likeness (QED) is 0.769. The molecule has 0 saturated carbocycles. The first-order valence-corrected chi connectivity index (χ1v) is 8.88. The van der Waals surface area contributed by atoms with E-state index in [0.29, 0.717) is 22.6 Å². The number of benzene rings is 2. The molecule has 0 saturated heterocycles. The van der Waals surface area contributed by atoms with Crippen LogP contribution >= 0.6 is 0 Å². The summed E-state index contributed by atoms with van der Waals surface area (Å²) in [6.45, 7) is 0. The Labute approximate surface area is 140 Å². The van der Waals surface area contributed by atoms with Gasteiger partial charge in [0.2, 0.25) is 0 Å². The van der Waals surface area contributed by atoms with E-state index in [1.807, 2.05) is 18.2 Å². The molecule has 0 atom stereocenters. The molecule has 0 fully saturated rings. The number of aromatic nitrogens is 2. The lowest BCUT2D eigenvalue weighted by atomic mass is 10.1. The van der Waals surface area contributed by atoms with E-state index in [-0.39, 0.29) is 11.6 Å². The van der Waals surface area contributed by atoms with Crippen molar-refractivity contribution >= 4 is 15.8 Å². The molecular weight excluding hydrogens is 326 g/mol. The Balaban J connectivity index is 2.00. The highest BCUT2D eigenvalue weighted by atomic mass is 32.2. The molecule has 3 rings (SSSR count). The molecule has 0 radical (unpaired) electrons. The molecular formula is C17H17N3O3S. The van der Waals surface area contributed by atoms with Gasteiger partial charge in [-0.2, -0.15) is 5.10 Å². The summed E-state index contributed by atoms with van der Waals surface area (Å²) in [5.41, 5.74) is 7.69. The van der Waals surface area contributed by atoms with Gasteiger partial charge in [0.1, 0.15) is 11.6 Å². The van der Waals surface area contributed by atoms with E-state index in [1.165, 1.54) is 6.07 Å². The third kappa shape index (κ3) is 3.11. The zero-order valence-electron chi connectivity index (χ0n) is 13.1. The summed E-state index contributed by atoms with van der Waals surface area (Å²) in [4.78, 5) is 0. The summed E-state index contributed by atoms with van der Waals surface area (Å²) in [7, 11) is -2.16. The number of anilines is 1. The maximum atomic E-state index is 12.6. The topological polar surface area (TPSA) is 87.2 Å². The van der Waals surface area contributed by atoms with Crippen molar-refractivity contribution < 1.29 is 13.2 Å². The normalized spacial score (nSPS) is 11.4. The lowest BCUT2D eigenvalue weighted by Gasteiger charge is -2.07. The molecule has 6 nitrogen and oxygen atoms in total. The van der Waals surface area contributed by atoms with Crippen molar-refractivity contribution in [1.82, 2.24) is 9.19 Å². The Morgan fingerprint density at radius 2 is 1.75 bits per heavy atom. The van der Waals surface area contributed by atoms with E-state index < -0.39 is 10.0 Å². The van der Waals surface area contributed by atoms with Gasteiger partial charge < -0.3 is 10.5 Å². The molecule has 0 amide bonds. The number of hydrogen-bond acceptors (Lipinski definition) is 5. The van der Waals surface area contributed by atoms with Gasteiger partial charge in [-0.05, 0) is 17.7 Å². The van der Waals surface area contributed by atoms with E-state index in [4.69, 9.17) is 10.5 Å². The van der Waals surface area contributed by atoms with Crippen LogP contribution in [-0.4, -0.2) is 24.7 Å². The predicted molar refractivity (Wildman–Crippen MR) is 93.1 cm³/mol. The summed E-state index contributed by atoms with van der Waals surface area (Å²) in [5, 5.41) is 4.18. The summed E-state index contributed by atoms with van der Waals surface area (Å²) < 4.78 is 31.4. The Morgan fingerprint density at radius 1 is 1.08 bits per heavy atom. The van der Waals surface area contributed by atoms with Crippen LogP contribution < -0.4 is 10.5 Å². The molecule has 124 valence electrons. The van der Waals surface area contributed by atoms with Crippen molar-refractivity contribution in [2.45, 2.75) is 5.75 Å². The van der Waals surface area contributed by atoms with Crippen LogP contribution in [0, 0.1) is 0 Å². The van der Waals surface area contributed by atoms with Crippen LogP contribution in [0.25, 0.3) is 11.3 Å². The zero-order chi connectivity index (χ0) is 17.2. The molecule has 3 aromatic rings. The Bertz CT molecular complexity index is 950. The molecule has 2 aromatic carbocycles. The van der Waals surface area contributed by atoms with E-state index >= 15 is 0 Å². The molecule has 0 bridgehead atoms. The summed E-state index contributed by atoms with van der Waals surface area (Å²) >= 11 is 0. The minimum Gasteiger partial charge on any atom is -0.496 e. The van der Waals surface area contributed by atoms with Crippen LogP contribution in [0.1, 0.15) is 5.56 Å². The van der Waals surface area contributed by atoms with Crippen molar-refractivity contribution in [3.8, 4) is 17.0 Å². The molecule has 0 aliphatic heterocycles. The monoisotopic (exact) mass is 343 g/mol. The SMILES string of the molecule is COc1ccccc1-c1cc(N)n(S(=O)(=O)Cc2ccccc2)n1. The summed E-state index contributed by atoms with van der Waals surface area (Å²) in [6.07, 6.45) is 0. The number of nitrogens with zero attached hydrogens (tertiary/aromatic N) is 2. The second-order valence-electron chi connectivity index (χ2n) is 5.24. The molecule has 0 unspecified atom stereocenters. The number of para-hydroxylation sites is 1. The highest BCUT2D eigenvalue weighted by Crippen LogP contribution is 2.30. The van der Waals surface area contributed by atoms with E-state index in [1.54, 1.807) is 43.5 Å². The van der Waals surface area contributed by atoms with Gasteiger partial charge in [0, 0.05) is 11.6 Å². The van der Waals surface area contributed by atoms with Crippen LogP contribution in [0.2, 0.25) is 0 Å². The number of rotatable bonds is 5. The molecule has 24 heavy (non-hydrogen) atoms. The van der Waals surface area contributed by atoms with Crippen LogP contribution in [0.15, 0.2) is 60.7 Å². The standard InChI is InChI=1S/C17H17N3O3S/c1-23-16-10-6-5-9-14(16)15-11-17(18)20(19-15)24(21,22)12-13-7-3-2-4-8-13/h2-11H,12,18H2,1H3.